The molecular weight excluding hydrogens is 292 g/mol. The van der Waals surface area contributed by atoms with E-state index in [-0.39, 0.29) is 0 Å². The highest BCUT2D eigenvalue weighted by Gasteiger charge is 2.25. The Morgan fingerprint density at radius 2 is 2.00 bits per heavy atom. The molecule has 1 aliphatic heterocycles. The van der Waals surface area contributed by atoms with Gasteiger partial charge in [-0.2, -0.15) is 11.8 Å². The summed E-state index contributed by atoms with van der Waals surface area (Å²) >= 11 is 1.81. The Balaban J connectivity index is 1.40. The van der Waals surface area contributed by atoms with E-state index >= 15 is 0 Å². The molecular formula is C18H26N2OS. The topological polar surface area (TPSA) is 23.6 Å². The number of thioether (sulfide) groups is 1. The molecule has 1 aromatic rings. The molecule has 1 saturated carbocycles. The molecule has 0 spiro atoms. The minimum atomic E-state index is 0.295. The molecule has 2 fully saturated rings. The van der Waals surface area contributed by atoms with E-state index in [1.54, 1.807) is 0 Å². The molecule has 0 radical (unpaired) electrons. The third-order valence-corrected chi connectivity index (χ3v) is 5.80. The third-order valence-electron chi connectivity index (χ3n) is 4.64. The van der Waals surface area contributed by atoms with Gasteiger partial charge in [0.05, 0.1) is 5.75 Å². The first-order valence-electron chi connectivity index (χ1n) is 8.34. The number of hydrogen-bond acceptors (Lipinski definition) is 3. The van der Waals surface area contributed by atoms with Gasteiger partial charge >= 0.3 is 0 Å². The number of benzene rings is 1. The molecule has 2 aliphatic rings. The van der Waals surface area contributed by atoms with Crippen molar-refractivity contribution in [3.63, 3.8) is 0 Å². The average molecular weight is 318 g/mol. The van der Waals surface area contributed by atoms with E-state index < -0.39 is 0 Å². The molecule has 1 amide bonds. The lowest BCUT2D eigenvalue weighted by molar-refractivity contribution is -0.127. The first kappa shape index (κ1) is 15.7. The summed E-state index contributed by atoms with van der Waals surface area (Å²) in [4.78, 5) is 16.6. The van der Waals surface area contributed by atoms with Gasteiger partial charge in [-0.05, 0) is 49.0 Å². The molecule has 3 nitrogen and oxygen atoms in total. The van der Waals surface area contributed by atoms with Crippen LogP contribution in [0.3, 0.4) is 0 Å². The van der Waals surface area contributed by atoms with Gasteiger partial charge in [-0.15, -0.1) is 0 Å². The fourth-order valence-corrected chi connectivity index (χ4v) is 4.23. The van der Waals surface area contributed by atoms with Crippen molar-refractivity contribution in [3.05, 3.63) is 30.3 Å². The van der Waals surface area contributed by atoms with Crippen LogP contribution in [0.2, 0.25) is 0 Å². The van der Waals surface area contributed by atoms with E-state index in [0.29, 0.717) is 17.6 Å². The molecule has 1 heterocycles. The largest absolute Gasteiger partial charge is 0.371 e. The monoisotopic (exact) mass is 318 g/mol. The molecule has 4 heteroatoms. The quantitative estimate of drug-likeness (QED) is 0.772. The Hall–Kier alpha value is -1.16. The van der Waals surface area contributed by atoms with Gasteiger partial charge in [0.2, 0.25) is 5.91 Å². The van der Waals surface area contributed by atoms with Gasteiger partial charge in [0.15, 0.2) is 0 Å². The average Bonchev–Trinajstić information content (AvgIpc) is 3.25. The molecule has 120 valence electrons. The van der Waals surface area contributed by atoms with E-state index in [4.69, 9.17) is 0 Å². The number of para-hydroxylation sites is 1. The molecule has 1 aliphatic carbocycles. The Labute approximate surface area is 138 Å². The van der Waals surface area contributed by atoms with Crippen LogP contribution in [0, 0.1) is 11.8 Å². The molecule has 1 unspecified atom stereocenters. The summed E-state index contributed by atoms with van der Waals surface area (Å²) in [7, 11) is 1.96. The smallest absolute Gasteiger partial charge is 0.232 e. The molecule has 1 atom stereocenters. The molecule has 22 heavy (non-hydrogen) atoms. The Kier molecular flexibility index (Phi) is 5.29. The summed E-state index contributed by atoms with van der Waals surface area (Å²) in [6.07, 6.45) is 3.92. The van der Waals surface area contributed by atoms with Crippen molar-refractivity contribution in [3.8, 4) is 0 Å². The second kappa shape index (κ2) is 7.40. The Morgan fingerprint density at radius 1 is 1.23 bits per heavy atom. The SMILES string of the molecule is CN(CC1CCN(c2ccccc2)C1)C(=O)CSCC1CC1. The van der Waals surface area contributed by atoms with Gasteiger partial charge in [-0.1, -0.05) is 18.2 Å². The maximum absolute atomic E-state index is 12.2. The second-order valence-electron chi connectivity index (χ2n) is 6.67. The number of nitrogens with zero attached hydrogens (tertiary/aromatic N) is 2. The van der Waals surface area contributed by atoms with Crippen LogP contribution in [-0.4, -0.2) is 49.0 Å². The number of hydrogen-bond donors (Lipinski definition) is 0. The summed E-state index contributed by atoms with van der Waals surface area (Å²) in [6, 6.07) is 10.6. The molecule has 1 aromatic carbocycles. The van der Waals surface area contributed by atoms with Gasteiger partial charge in [0, 0.05) is 32.4 Å². The highest BCUT2D eigenvalue weighted by molar-refractivity contribution is 7.99. The van der Waals surface area contributed by atoms with Crippen LogP contribution in [0.5, 0.6) is 0 Å². The zero-order chi connectivity index (χ0) is 15.4. The maximum atomic E-state index is 12.2. The first-order chi connectivity index (χ1) is 10.7. The van der Waals surface area contributed by atoms with Gasteiger partial charge in [-0.25, -0.2) is 0 Å². The van der Waals surface area contributed by atoms with Crippen LogP contribution in [0.4, 0.5) is 5.69 Å². The van der Waals surface area contributed by atoms with Crippen molar-refractivity contribution in [2.45, 2.75) is 19.3 Å². The minimum absolute atomic E-state index is 0.295. The van der Waals surface area contributed by atoms with E-state index in [2.05, 4.69) is 35.2 Å². The fraction of sp³-hybridized carbons (Fsp3) is 0.611. The van der Waals surface area contributed by atoms with E-state index in [1.165, 1.54) is 30.7 Å². The van der Waals surface area contributed by atoms with Crippen LogP contribution in [0.25, 0.3) is 0 Å². The van der Waals surface area contributed by atoms with Gasteiger partial charge in [0.25, 0.3) is 0 Å². The molecule has 0 aromatic heterocycles. The van der Waals surface area contributed by atoms with Crippen molar-refractivity contribution >= 4 is 23.4 Å². The number of carbonyl (C=O) groups is 1. The lowest BCUT2D eigenvalue weighted by Gasteiger charge is -2.22. The lowest BCUT2D eigenvalue weighted by atomic mass is 10.1. The predicted molar refractivity (Wildman–Crippen MR) is 94.4 cm³/mol. The van der Waals surface area contributed by atoms with Gasteiger partial charge in [0.1, 0.15) is 0 Å². The van der Waals surface area contributed by atoms with Crippen LogP contribution < -0.4 is 4.90 Å². The van der Waals surface area contributed by atoms with Gasteiger partial charge < -0.3 is 9.80 Å². The first-order valence-corrected chi connectivity index (χ1v) is 9.49. The van der Waals surface area contributed by atoms with Crippen molar-refractivity contribution < 1.29 is 4.79 Å². The van der Waals surface area contributed by atoms with E-state index in [1.807, 2.05) is 23.7 Å². The molecule has 0 N–H and O–H groups in total. The second-order valence-corrected chi connectivity index (χ2v) is 7.70. The highest BCUT2D eigenvalue weighted by Crippen LogP contribution is 2.32. The summed E-state index contributed by atoms with van der Waals surface area (Å²) in [5.74, 6) is 3.62. The molecule has 1 saturated heterocycles. The van der Waals surface area contributed by atoms with E-state index in [0.717, 1.165) is 25.6 Å². The highest BCUT2D eigenvalue weighted by atomic mass is 32.2. The molecule has 3 rings (SSSR count). The van der Waals surface area contributed by atoms with Gasteiger partial charge in [-0.3, -0.25) is 4.79 Å². The zero-order valence-electron chi connectivity index (χ0n) is 13.4. The third kappa shape index (κ3) is 4.42. The van der Waals surface area contributed by atoms with Crippen molar-refractivity contribution in [2.24, 2.45) is 11.8 Å². The number of amides is 1. The summed E-state index contributed by atoms with van der Waals surface area (Å²) in [5.41, 5.74) is 1.30. The van der Waals surface area contributed by atoms with Crippen LogP contribution in [-0.2, 0) is 4.79 Å². The number of carbonyl (C=O) groups excluding carboxylic acids is 1. The Morgan fingerprint density at radius 3 is 2.73 bits per heavy atom. The van der Waals surface area contributed by atoms with Crippen LogP contribution in [0.15, 0.2) is 30.3 Å². The predicted octanol–water partition coefficient (Wildman–Crippen LogP) is 3.11. The maximum Gasteiger partial charge on any atom is 0.232 e. The molecule has 0 bridgehead atoms. The minimum Gasteiger partial charge on any atom is -0.371 e. The number of anilines is 1. The standard InChI is InChI=1S/C18H26N2OS/c1-19(18(21)14-22-13-15-7-8-15)11-16-9-10-20(12-16)17-5-3-2-4-6-17/h2-6,15-16H,7-14H2,1H3. The fourth-order valence-electron chi connectivity index (χ4n) is 3.05. The van der Waals surface area contributed by atoms with Crippen LogP contribution in [0.1, 0.15) is 19.3 Å². The summed E-state index contributed by atoms with van der Waals surface area (Å²) in [6.45, 7) is 3.07. The van der Waals surface area contributed by atoms with Crippen molar-refractivity contribution in [1.82, 2.24) is 4.90 Å². The van der Waals surface area contributed by atoms with Crippen LogP contribution >= 0.6 is 11.8 Å². The van der Waals surface area contributed by atoms with Crippen molar-refractivity contribution in [1.29, 1.82) is 0 Å². The zero-order valence-corrected chi connectivity index (χ0v) is 14.2. The van der Waals surface area contributed by atoms with Crippen molar-refractivity contribution in [2.75, 3.05) is 43.1 Å². The summed E-state index contributed by atoms with van der Waals surface area (Å²) < 4.78 is 0. The lowest BCUT2D eigenvalue weighted by Crippen LogP contribution is -2.34. The summed E-state index contributed by atoms with van der Waals surface area (Å²) in [5, 5.41) is 0. The normalized spacial score (nSPS) is 21.1. The Bertz CT molecular complexity index is 489. The van der Waals surface area contributed by atoms with E-state index in [9.17, 15) is 4.79 Å². The number of rotatable bonds is 7.